The maximum atomic E-state index is 12.5. The largest absolute Gasteiger partial charge is 0.493 e. The number of benzene rings is 2. The number of aliphatic carboxylic acids is 1. The quantitative estimate of drug-likeness (QED) is 0.499. The van der Waals surface area contributed by atoms with Gasteiger partial charge in [-0.25, -0.2) is 0 Å². The van der Waals surface area contributed by atoms with Gasteiger partial charge in [-0.05, 0) is 36.8 Å². The Kier molecular flexibility index (Phi) is 6.91. The highest BCUT2D eigenvalue weighted by Crippen LogP contribution is 2.31. The number of hydrogen-bond acceptors (Lipinski definition) is 6. The van der Waals surface area contributed by atoms with Crippen LogP contribution >= 0.6 is 0 Å². The van der Waals surface area contributed by atoms with Crippen molar-refractivity contribution in [3.8, 4) is 11.5 Å². The second-order valence-electron chi connectivity index (χ2n) is 5.77. The number of ether oxygens (including phenoxy) is 2. The first-order chi connectivity index (χ1) is 13.3. The lowest BCUT2D eigenvalue weighted by atomic mass is 10.0. The van der Waals surface area contributed by atoms with E-state index in [1.165, 1.54) is 31.4 Å². The van der Waals surface area contributed by atoms with Crippen molar-refractivity contribution in [1.29, 1.82) is 0 Å². The van der Waals surface area contributed by atoms with Gasteiger partial charge in [-0.15, -0.1) is 0 Å². The van der Waals surface area contributed by atoms with Crippen molar-refractivity contribution in [3.05, 3.63) is 63.7 Å². The van der Waals surface area contributed by atoms with Gasteiger partial charge in [-0.2, -0.15) is 0 Å². The lowest BCUT2D eigenvalue weighted by molar-refractivity contribution is -0.384. The van der Waals surface area contributed by atoms with Crippen molar-refractivity contribution in [2.75, 3.05) is 13.7 Å². The molecule has 0 aliphatic carbocycles. The Morgan fingerprint density at radius 1 is 1.18 bits per heavy atom. The van der Waals surface area contributed by atoms with Crippen LogP contribution in [-0.2, 0) is 4.79 Å². The summed E-state index contributed by atoms with van der Waals surface area (Å²) in [4.78, 5) is 33.9. The average molecular weight is 388 g/mol. The molecule has 1 unspecified atom stereocenters. The van der Waals surface area contributed by atoms with Gasteiger partial charge in [0.05, 0.1) is 31.1 Å². The van der Waals surface area contributed by atoms with Crippen molar-refractivity contribution in [2.24, 2.45) is 0 Å². The lowest BCUT2D eigenvalue weighted by Gasteiger charge is -2.19. The van der Waals surface area contributed by atoms with E-state index < -0.39 is 22.8 Å². The summed E-state index contributed by atoms with van der Waals surface area (Å²) in [6.07, 6.45) is -0.351. The van der Waals surface area contributed by atoms with Gasteiger partial charge in [0.2, 0.25) is 0 Å². The van der Waals surface area contributed by atoms with Crippen molar-refractivity contribution in [2.45, 2.75) is 19.4 Å². The summed E-state index contributed by atoms with van der Waals surface area (Å²) >= 11 is 0. The average Bonchev–Trinajstić information content (AvgIpc) is 2.67. The Bertz CT molecular complexity index is 865. The fourth-order valence-corrected chi connectivity index (χ4v) is 2.58. The highest BCUT2D eigenvalue weighted by molar-refractivity contribution is 5.94. The van der Waals surface area contributed by atoms with E-state index in [1.807, 2.05) is 6.92 Å². The van der Waals surface area contributed by atoms with E-state index in [0.29, 0.717) is 23.7 Å². The summed E-state index contributed by atoms with van der Waals surface area (Å²) in [5, 5.41) is 22.6. The number of rotatable bonds is 9. The second-order valence-corrected chi connectivity index (χ2v) is 5.77. The summed E-state index contributed by atoms with van der Waals surface area (Å²) in [7, 11) is 1.46. The van der Waals surface area contributed by atoms with Gasteiger partial charge in [-0.1, -0.05) is 6.07 Å². The van der Waals surface area contributed by atoms with Gasteiger partial charge in [-0.3, -0.25) is 19.7 Å². The molecular weight excluding hydrogens is 368 g/mol. The minimum Gasteiger partial charge on any atom is -0.493 e. The third-order valence-electron chi connectivity index (χ3n) is 3.91. The van der Waals surface area contributed by atoms with Crippen LogP contribution in [0.3, 0.4) is 0 Å². The Morgan fingerprint density at radius 3 is 2.39 bits per heavy atom. The van der Waals surface area contributed by atoms with Crippen molar-refractivity contribution < 1.29 is 29.1 Å². The van der Waals surface area contributed by atoms with Crippen LogP contribution in [0.4, 0.5) is 5.69 Å². The molecule has 0 heterocycles. The van der Waals surface area contributed by atoms with E-state index in [2.05, 4.69) is 5.32 Å². The predicted molar refractivity (Wildman–Crippen MR) is 99.7 cm³/mol. The highest BCUT2D eigenvalue weighted by atomic mass is 16.6. The van der Waals surface area contributed by atoms with Crippen LogP contribution in [0.25, 0.3) is 0 Å². The molecular formula is C19H20N2O7. The molecule has 0 radical (unpaired) electrons. The monoisotopic (exact) mass is 388 g/mol. The summed E-state index contributed by atoms with van der Waals surface area (Å²) in [6.45, 7) is 2.26. The number of carbonyl (C=O) groups is 2. The molecule has 1 amide bonds. The number of non-ortho nitro benzene ring substituents is 1. The maximum absolute atomic E-state index is 12.5. The lowest BCUT2D eigenvalue weighted by Crippen LogP contribution is -2.30. The van der Waals surface area contributed by atoms with Crippen LogP contribution in [0.2, 0.25) is 0 Å². The number of nitro benzene ring substituents is 1. The zero-order valence-corrected chi connectivity index (χ0v) is 15.4. The molecule has 2 aromatic carbocycles. The molecule has 148 valence electrons. The van der Waals surface area contributed by atoms with Crippen molar-refractivity contribution in [1.82, 2.24) is 5.32 Å². The normalized spacial score (nSPS) is 11.4. The van der Waals surface area contributed by atoms with Crippen LogP contribution in [0.5, 0.6) is 11.5 Å². The molecule has 2 aromatic rings. The first-order valence-corrected chi connectivity index (χ1v) is 8.43. The number of carbonyl (C=O) groups excluding carboxylic acids is 1. The molecule has 1 atom stereocenters. The SMILES string of the molecule is CCOc1ccc(C(CC(=O)O)NC(=O)c2ccc([N+](=O)[O-])cc2)cc1OC. The summed E-state index contributed by atoms with van der Waals surface area (Å²) in [6, 6.07) is 9.11. The molecule has 0 spiro atoms. The van der Waals surface area contributed by atoms with Gasteiger partial charge in [0.15, 0.2) is 11.5 Å². The molecule has 0 saturated carbocycles. The first-order valence-electron chi connectivity index (χ1n) is 8.43. The molecule has 0 aliphatic heterocycles. The third kappa shape index (κ3) is 5.19. The molecule has 0 saturated heterocycles. The molecule has 0 aromatic heterocycles. The number of nitro groups is 1. The Balaban J connectivity index is 2.27. The number of nitrogens with zero attached hydrogens (tertiary/aromatic N) is 1. The number of carboxylic acid groups (broad SMARTS) is 1. The van der Waals surface area contributed by atoms with Crippen LogP contribution in [0, 0.1) is 10.1 Å². The minimum absolute atomic E-state index is 0.144. The zero-order chi connectivity index (χ0) is 20.7. The number of carboxylic acids is 1. The fourth-order valence-electron chi connectivity index (χ4n) is 2.58. The highest BCUT2D eigenvalue weighted by Gasteiger charge is 2.21. The Morgan fingerprint density at radius 2 is 1.86 bits per heavy atom. The van der Waals surface area contributed by atoms with Gasteiger partial charge in [0, 0.05) is 17.7 Å². The van der Waals surface area contributed by atoms with Crippen molar-refractivity contribution in [3.63, 3.8) is 0 Å². The van der Waals surface area contributed by atoms with E-state index >= 15 is 0 Å². The molecule has 9 heteroatoms. The van der Waals surface area contributed by atoms with Gasteiger partial charge >= 0.3 is 5.97 Å². The molecule has 0 aliphatic rings. The smallest absolute Gasteiger partial charge is 0.305 e. The van der Waals surface area contributed by atoms with Crippen LogP contribution in [-0.4, -0.2) is 35.6 Å². The van der Waals surface area contributed by atoms with E-state index in [9.17, 15) is 24.8 Å². The van der Waals surface area contributed by atoms with Crippen LogP contribution in [0.1, 0.15) is 35.3 Å². The fraction of sp³-hybridized carbons (Fsp3) is 0.263. The number of methoxy groups -OCH3 is 1. The van der Waals surface area contributed by atoms with Gasteiger partial charge in [0.1, 0.15) is 0 Å². The molecule has 2 rings (SSSR count). The molecule has 0 fully saturated rings. The molecule has 9 nitrogen and oxygen atoms in total. The van der Waals surface area contributed by atoms with E-state index in [-0.39, 0.29) is 17.7 Å². The summed E-state index contributed by atoms with van der Waals surface area (Å²) in [5.41, 5.74) is 0.562. The zero-order valence-electron chi connectivity index (χ0n) is 15.4. The van der Waals surface area contributed by atoms with E-state index in [4.69, 9.17) is 9.47 Å². The number of amides is 1. The van der Waals surface area contributed by atoms with Crippen LogP contribution < -0.4 is 14.8 Å². The van der Waals surface area contributed by atoms with Gasteiger partial charge in [0.25, 0.3) is 11.6 Å². The standard InChI is InChI=1S/C19H20N2O7/c1-3-28-16-9-6-13(10-17(16)27-2)15(11-18(22)23)20-19(24)12-4-7-14(8-5-12)21(25)26/h4-10,15H,3,11H2,1-2H3,(H,20,24)(H,22,23). The van der Waals surface area contributed by atoms with E-state index in [1.54, 1.807) is 18.2 Å². The topological polar surface area (TPSA) is 128 Å². The number of hydrogen-bond donors (Lipinski definition) is 2. The van der Waals surface area contributed by atoms with E-state index in [0.717, 1.165) is 0 Å². The second kappa shape index (κ2) is 9.36. The van der Waals surface area contributed by atoms with Crippen LogP contribution in [0.15, 0.2) is 42.5 Å². The van der Waals surface area contributed by atoms with Gasteiger partial charge < -0.3 is 19.9 Å². The number of nitrogens with one attached hydrogen (secondary N) is 1. The predicted octanol–water partition coefficient (Wildman–Crippen LogP) is 2.95. The molecule has 28 heavy (non-hydrogen) atoms. The maximum Gasteiger partial charge on any atom is 0.305 e. The first kappa shape index (κ1) is 20.7. The Labute approximate surface area is 161 Å². The Hall–Kier alpha value is -3.62. The van der Waals surface area contributed by atoms with Crippen molar-refractivity contribution >= 4 is 17.6 Å². The molecule has 0 bridgehead atoms. The summed E-state index contributed by atoms with van der Waals surface area (Å²) < 4.78 is 10.7. The third-order valence-corrected chi connectivity index (χ3v) is 3.91. The molecule has 2 N–H and O–H groups in total. The minimum atomic E-state index is -1.10. The summed E-state index contributed by atoms with van der Waals surface area (Å²) in [5.74, 6) is -0.723.